The van der Waals surface area contributed by atoms with Crippen molar-refractivity contribution in [1.29, 1.82) is 0 Å². The molecule has 9 heteroatoms. The second-order valence-electron chi connectivity index (χ2n) is 9.87. The van der Waals surface area contributed by atoms with Crippen LogP contribution in [0.4, 0.5) is 0 Å². The number of aromatic hydroxyl groups is 1. The van der Waals surface area contributed by atoms with Gasteiger partial charge in [0.1, 0.15) is 34.2 Å². The van der Waals surface area contributed by atoms with Crippen LogP contribution in [0, 0.1) is 0 Å². The Morgan fingerprint density at radius 1 is 0.974 bits per heavy atom. The Morgan fingerprint density at radius 2 is 1.71 bits per heavy atom. The molecule has 1 atom stereocenters. The second-order valence-corrected chi connectivity index (χ2v) is 9.87. The van der Waals surface area contributed by atoms with Crippen LogP contribution in [0.1, 0.15) is 97.1 Å². The predicted molar refractivity (Wildman–Crippen MR) is 137 cm³/mol. The number of hydrogen-bond acceptors (Lipinski definition) is 9. The van der Waals surface area contributed by atoms with Crippen LogP contribution in [0.25, 0.3) is 0 Å². The van der Waals surface area contributed by atoms with Crippen molar-refractivity contribution >= 4 is 17.7 Å². The van der Waals surface area contributed by atoms with E-state index in [0.717, 1.165) is 38.2 Å². The number of hydrogen-bond donors (Lipinski definition) is 2. The van der Waals surface area contributed by atoms with E-state index in [1.54, 1.807) is 6.07 Å². The van der Waals surface area contributed by atoms with Crippen molar-refractivity contribution in [2.45, 2.75) is 83.8 Å². The van der Waals surface area contributed by atoms with Gasteiger partial charge in [-0.25, -0.2) is 9.59 Å². The monoisotopic (exact) mass is 526 g/mol. The summed E-state index contributed by atoms with van der Waals surface area (Å²) in [4.78, 5) is 38.8. The quantitative estimate of drug-likeness (QED) is 0.225. The Morgan fingerprint density at radius 3 is 2.42 bits per heavy atom. The molecule has 0 unspecified atom stereocenters. The third-order valence-corrected chi connectivity index (χ3v) is 6.89. The third kappa shape index (κ3) is 5.62. The van der Waals surface area contributed by atoms with Gasteiger partial charge in [0, 0.05) is 43.4 Å². The van der Waals surface area contributed by atoms with E-state index in [9.17, 15) is 24.6 Å². The van der Waals surface area contributed by atoms with Crippen molar-refractivity contribution in [2.24, 2.45) is 0 Å². The zero-order valence-electron chi connectivity index (χ0n) is 22.1. The number of ketones is 1. The van der Waals surface area contributed by atoms with Gasteiger partial charge in [0.15, 0.2) is 11.5 Å². The summed E-state index contributed by atoms with van der Waals surface area (Å²) in [6.45, 7) is 4.07. The van der Waals surface area contributed by atoms with E-state index in [0.29, 0.717) is 24.2 Å². The molecule has 204 valence electrons. The zero-order chi connectivity index (χ0) is 27.4. The number of ether oxygens (including phenoxy) is 4. The molecule has 2 aliphatic rings. The summed E-state index contributed by atoms with van der Waals surface area (Å²) < 4.78 is 22.5. The number of methoxy groups -OCH3 is 1. The average Bonchev–Trinajstić information content (AvgIpc) is 2.99. The van der Waals surface area contributed by atoms with E-state index in [1.165, 1.54) is 13.2 Å². The Bertz CT molecular complexity index is 1250. The lowest BCUT2D eigenvalue weighted by Crippen LogP contribution is -2.41. The number of carbonyl (C=O) groups excluding carboxylic acids is 3. The first-order valence-electron chi connectivity index (χ1n) is 13.2. The fourth-order valence-corrected chi connectivity index (χ4v) is 4.94. The Hall–Kier alpha value is -3.59. The summed E-state index contributed by atoms with van der Waals surface area (Å²) in [6, 6.07) is 4.23. The Labute approximate surface area is 221 Å². The minimum absolute atomic E-state index is 0.00901. The number of cyclic esters (lactones) is 1. The lowest BCUT2D eigenvalue weighted by atomic mass is 9.91. The minimum Gasteiger partial charge on any atom is -0.507 e. The van der Waals surface area contributed by atoms with Gasteiger partial charge >= 0.3 is 11.9 Å². The summed E-state index contributed by atoms with van der Waals surface area (Å²) in [5, 5.41) is 21.7. The molecule has 0 amide bonds. The van der Waals surface area contributed by atoms with Gasteiger partial charge in [-0.2, -0.15) is 0 Å². The number of esters is 2. The molecule has 4 rings (SSSR count). The molecular weight excluding hydrogens is 492 g/mol. The molecule has 0 aromatic heterocycles. The van der Waals surface area contributed by atoms with Crippen molar-refractivity contribution in [3.8, 4) is 28.7 Å². The highest BCUT2D eigenvalue weighted by atomic mass is 16.7. The van der Waals surface area contributed by atoms with Gasteiger partial charge < -0.3 is 29.2 Å². The van der Waals surface area contributed by atoms with Gasteiger partial charge in [-0.15, -0.1) is 0 Å². The molecule has 2 aliphatic heterocycles. The first-order valence-corrected chi connectivity index (χ1v) is 13.2. The summed E-state index contributed by atoms with van der Waals surface area (Å²) in [6.07, 6.45) is 5.48. The first kappa shape index (κ1) is 27.4. The fourth-order valence-electron chi connectivity index (χ4n) is 4.94. The number of carbonyl (C=O) groups is 3. The SMILES string of the molecule is CCCCCC(=O)Cc1cc(OC)cc2c1C(=O)Oc1cc(O)c3c(c1O2)C[C@@](O)(CCCCC)OC3=O. The van der Waals surface area contributed by atoms with Crippen molar-refractivity contribution in [2.75, 3.05) is 7.11 Å². The van der Waals surface area contributed by atoms with Crippen LogP contribution in [0.3, 0.4) is 0 Å². The van der Waals surface area contributed by atoms with Crippen LogP contribution >= 0.6 is 0 Å². The number of phenolic OH excluding ortho intramolecular Hbond substituents is 1. The van der Waals surface area contributed by atoms with Crippen LogP contribution < -0.4 is 14.2 Å². The molecular formula is C29H34O9. The highest BCUT2D eigenvalue weighted by molar-refractivity contribution is 6.01. The van der Waals surface area contributed by atoms with Gasteiger partial charge in [-0.05, 0) is 24.5 Å². The molecule has 0 saturated heterocycles. The predicted octanol–water partition coefficient (Wildman–Crippen LogP) is 5.40. The maximum atomic E-state index is 13.3. The lowest BCUT2D eigenvalue weighted by Gasteiger charge is -2.34. The second kappa shape index (κ2) is 11.4. The number of Topliss-reactive ketones (excluding diaryl/α,β-unsaturated/α-hetero) is 1. The van der Waals surface area contributed by atoms with Gasteiger partial charge in [0.05, 0.1) is 7.11 Å². The molecule has 9 nitrogen and oxygen atoms in total. The van der Waals surface area contributed by atoms with E-state index in [4.69, 9.17) is 18.9 Å². The van der Waals surface area contributed by atoms with Crippen molar-refractivity contribution < 1.29 is 43.5 Å². The van der Waals surface area contributed by atoms with E-state index < -0.39 is 23.5 Å². The number of benzene rings is 2. The lowest BCUT2D eigenvalue weighted by molar-refractivity contribution is -0.174. The van der Waals surface area contributed by atoms with Crippen molar-refractivity contribution in [3.63, 3.8) is 0 Å². The van der Waals surface area contributed by atoms with Gasteiger partial charge in [0.2, 0.25) is 5.79 Å². The van der Waals surface area contributed by atoms with E-state index >= 15 is 0 Å². The molecule has 2 heterocycles. The Balaban J connectivity index is 1.76. The first-order chi connectivity index (χ1) is 18.2. The normalized spacial score (nSPS) is 17.8. The van der Waals surface area contributed by atoms with E-state index in [1.807, 2.05) is 6.92 Å². The molecule has 2 aromatic rings. The summed E-state index contributed by atoms with van der Waals surface area (Å²) >= 11 is 0. The van der Waals surface area contributed by atoms with E-state index in [-0.39, 0.29) is 59.0 Å². The molecule has 38 heavy (non-hydrogen) atoms. The van der Waals surface area contributed by atoms with Gasteiger partial charge in [-0.3, -0.25) is 4.79 Å². The van der Waals surface area contributed by atoms with Crippen LogP contribution in [0.15, 0.2) is 18.2 Å². The molecule has 2 N–H and O–H groups in total. The highest BCUT2D eigenvalue weighted by Crippen LogP contribution is 2.49. The smallest absolute Gasteiger partial charge is 0.347 e. The highest BCUT2D eigenvalue weighted by Gasteiger charge is 2.43. The average molecular weight is 527 g/mol. The number of aliphatic hydroxyl groups is 1. The van der Waals surface area contributed by atoms with Crippen LogP contribution in [-0.4, -0.2) is 40.8 Å². The van der Waals surface area contributed by atoms with E-state index in [2.05, 4.69) is 6.92 Å². The summed E-state index contributed by atoms with van der Waals surface area (Å²) in [7, 11) is 1.46. The third-order valence-electron chi connectivity index (χ3n) is 6.89. The molecule has 0 aliphatic carbocycles. The standard InChI is InChI=1S/C29H34O9/c1-4-6-8-10-18(30)12-17-13-19(35-3)14-22-24(17)27(32)37-23-15-21(31)25-20(26(23)36-22)16-29(34,38-28(25)33)11-9-7-5-2/h13-15,31,34H,4-12,16H2,1-3H3/t29-/m1/s1. The molecule has 0 radical (unpaired) electrons. The maximum absolute atomic E-state index is 13.3. The van der Waals surface area contributed by atoms with Crippen molar-refractivity contribution in [3.05, 3.63) is 40.5 Å². The van der Waals surface area contributed by atoms with Crippen molar-refractivity contribution in [1.82, 2.24) is 0 Å². The molecule has 0 fully saturated rings. The van der Waals surface area contributed by atoms with Gasteiger partial charge in [-0.1, -0.05) is 39.5 Å². The largest absolute Gasteiger partial charge is 0.507 e. The molecule has 0 bridgehead atoms. The van der Waals surface area contributed by atoms with Crippen LogP contribution in [-0.2, 0) is 22.4 Å². The molecule has 0 saturated carbocycles. The number of phenols is 1. The van der Waals surface area contributed by atoms with Crippen LogP contribution in [0.5, 0.6) is 28.7 Å². The number of rotatable bonds is 11. The summed E-state index contributed by atoms with van der Waals surface area (Å²) in [5.74, 6) is -3.57. The van der Waals surface area contributed by atoms with Crippen LogP contribution in [0.2, 0.25) is 0 Å². The molecule has 0 spiro atoms. The van der Waals surface area contributed by atoms with Gasteiger partial charge in [0.25, 0.3) is 0 Å². The molecule has 2 aromatic carbocycles. The number of fused-ring (bicyclic) bond motifs is 4. The maximum Gasteiger partial charge on any atom is 0.347 e. The topological polar surface area (TPSA) is 129 Å². The zero-order valence-corrected chi connectivity index (χ0v) is 22.1. The Kier molecular flexibility index (Phi) is 8.26. The fraction of sp³-hybridized carbons (Fsp3) is 0.483. The minimum atomic E-state index is -1.80. The number of unbranched alkanes of at least 4 members (excludes halogenated alkanes) is 4. The summed E-state index contributed by atoms with van der Waals surface area (Å²) in [5.41, 5.74) is 0.483.